The molecule has 33 heavy (non-hydrogen) atoms. The van der Waals surface area contributed by atoms with Crippen LogP contribution in [0.5, 0.6) is 0 Å². The van der Waals surface area contributed by atoms with Gasteiger partial charge in [0.15, 0.2) is 5.13 Å². The minimum absolute atomic E-state index is 0. The van der Waals surface area contributed by atoms with Crippen LogP contribution in [0, 0.1) is 19.7 Å². The zero-order valence-corrected chi connectivity index (χ0v) is 20.3. The van der Waals surface area contributed by atoms with Crippen LogP contribution in [0.25, 0.3) is 10.2 Å². The molecule has 1 aliphatic rings. The van der Waals surface area contributed by atoms with Gasteiger partial charge in [-0.3, -0.25) is 24.0 Å². The maximum atomic E-state index is 13.7. The molecule has 0 atom stereocenters. The number of benzene rings is 1. The van der Waals surface area contributed by atoms with Crippen molar-refractivity contribution in [2.75, 3.05) is 44.3 Å². The molecule has 0 radical (unpaired) electrons. The second-order valence-corrected chi connectivity index (χ2v) is 8.86. The Balaban J connectivity index is 0.00000306. The summed E-state index contributed by atoms with van der Waals surface area (Å²) in [7, 11) is 0. The van der Waals surface area contributed by atoms with Crippen LogP contribution in [0.1, 0.15) is 17.7 Å². The maximum absolute atomic E-state index is 13.7. The van der Waals surface area contributed by atoms with Gasteiger partial charge >= 0.3 is 0 Å². The van der Waals surface area contributed by atoms with Crippen LogP contribution >= 0.6 is 23.7 Å². The highest BCUT2D eigenvalue weighted by Crippen LogP contribution is 2.29. The van der Waals surface area contributed by atoms with E-state index in [1.165, 1.54) is 34.4 Å². The van der Waals surface area contributed by atoms with E-state index in [1.54, 1.807) is 24.8 Å². The Labute approximate surface area is 201 Å². The van der Waals surface area contributed by atoms with E-state index >= 15 is 0 Å². The Kier molecular flexibility index (Phi) is 8.52. The number of fused-ring (bicyclic) bond motifs is 1. The molecule has 0 saturated carbocycles. The highest BCUT2D eigenvalue weighted by molar-refractivity contribution is 7.22. The van der Waals surface area contributed by atoms with Crippen molar-refractivity contribution in [1.82, 2.24) is 19.4 Å². The SMILES string of the molecule is Cc1ncn(CC(=O)N(CCCN2CCOCC2)c2nc3ccc(F)cc3s2)c(=O)c1C.Cl. The molecule has 0 aliphatic carbocycles. The first-order chi connectivity index (χ1) is 15.4. The average molecular weight is 496 g/mol. The van der Waals surface area contributed by atoms with E-state index in [1.807, 2.05) is 0 Å². The minimum Gasteiger partial charge on any atom is -0.379 e. The largest absolute Gasteiger partial charge is 0.379 e. The van der Waals surface area contributed by atoms with Gasteiger partial charge in [-0.05, 0) is 38.5 Å². The Morgan fingerprint density at radius 3 is 2.79 bits per heavy atom. The number of ether oxygens (including phenoxy) is 1. The van der Waals surface area contributed by atoms with E-state index in [4.69, 9.17) is 4.74 Å². The number of thiazole rings is 1. The Morgan fingerprint density at radius 1 is 1.27 bits per heavy atom. The summed E-state index contributed by atoms with van der Waals surface area (Å²) in [5.74, 6) is -0.593. The third-order valence-corrected chi connectivity index (χ3v) is 6.69. The van der Waals surface area contributed by atoms with Crippen molar-refractivity contribution in [2.45, 2.75) is 26.8 Å². The normalized spacial score (nSPS) is 14.3. The Bertz CT molecular complexity index is 1180. The number of rotatable bonds is 7. The summed E-state index contributed by atoms with van der Waals surface area (Å²) in [4.78, 5) is 38.5. The van der Waals surface area contributed by atoms with Crippen LogP contribution < -0.4 is 10.5 Å². The third kappa shape index (κ3) is 5.94. The molecule has 0 spiro atoms. The molecule has 1 aromatic carbocycles. The molecule has 4 rings (SSSR count). The minimum atomic E-state index is -0.342. The van der Waals surface area contributed by atoms with Crippen LogP contribution in [-0.2, 0) is 16.1 Å². The van der Waals surface area contributed by atoms with E-state index in [0.29, 0.717) is 33.2 Å². The number of aryl methyl sites for hydroxylation is 1. The van der Waals surface area contributed by atoms with Crippen LogP contribution in [0.15, 0.2) is 29.3 Å². The first-order valence-electron chi connectivity index (χ1n) is 10.6. The van der Waals surface area contributed by atoms with E-state index < -0.39 is 0 Å². The van der Waals surface area contributed by atoms with Gasteiger partial charge in [-0.15, -0.1) is 12.4 Å². The lowest BCUT2D eigenvalue weighted by Gasteiger charge is -2.27. The topological polar surface area (TPSA) is 80.6 Å². The fraction of sp³-hybridized carbons (Fsp3) is 0.455. The second kappa shape index (κ2) is 11.1. The molecular formula is C22H27ClFN5O3S. The number of halogens is 2. The molecule has 11 heteroatoms. The number of nitrogens with zero attached hydrogens (tertiary/aromatic N) is 5. The van der Waals surface area contributed by atoms with Gasteiger partial charge < -0.3 is 4.74 Å². The molecule has 1 fully saturated rings. The first kappa shape index (κ1) is 25.2. The summed E-state index contributed by atoms with van der Waals surface area (Å²) < 4.78 is 21.0. The standard InChI is InChI=1S/C22H26FN5O3S.ClH/c1-15-16(2)24-14-27(21(15)30)13-20(29)28(7-3-6-26-8-10-31-11-9-26)22-25-18-5-4-17(23)12-19(18)32-22;/h4-5,12,14H,3,6-11,13H2,1-2H3;1H. The van der Waals surface area contributed by atoms with E-state index in [2.05, 4.69) is 14.9 Å². The van der Waals surface area contributed by atoms with Gasteiger partial charge in [0.1, 0.15) is 12.4 Å². The summed E-state index contributed by atoms with van der Waals surface area (Å²) in [5.41, 5.74) is 1.58. The molecule has 2 aromatic heterocycles. The molecule has 0 bridgehead atoms. The van der Waals surface area contributed by atoms with Crippen molar-refractivity contribution in [2.24, 2.45) is 0 Å². The maximum Gasteiger partial charge on any atom is 0.256 e. The zero-order chi connectivity index (χ0) is 22.7. The average Bonchev–Trinajstić information content (AvgIpc) is 3.20. The van der Waals surface area contributed by atoms with E-state index in [-0.39, 0.29) is 36.2 Å². The number of hydrogen-bond acceptors (Lipinski definition) is 7. The molecule has 1 amide bonds. The lowest BCUT2D eigenvalue weighted by atomic mass is 10.2. The Morgan fingerprint density at radius 2 is 2.03 bits per heavy atom. The van der Waals surface area contributed by atoms with Crippen LogP contribution in [0.4, 0.5) is 9.52 Å². The van der Waals surface area contributed by atoms with Gasteiger partial charge in [-0.2, -0.15) is 0 Å². The molecule has 8 nitrogen and oxygen atoms in total. The number of aromatic nitrogens is 3. The fourth-order valence-corrected chi connectivity index (χ4v) is 4.66. The van der Waals surface area contributed by atoms with E-state index in [9.17, 15) is 14.0 Å². The number of anilines is 1. The molecule has 3 heterocycles. The lowest BCUT2D eigenvalue weighted by Crippen LogP contribution is -2.41. The molecule has 1 aliphatic heterocycles. The molecule has 0 unspecified atom stereocenters. The Hall–Kier alpha value is -2.40. The molecule has 1 saturated heterocycles. The highest BCUT2D eigenvalue weighted by Gasteiger charge is 2.22. The molecule has 178 valence electrons. The summed E-state index contributed by atoms with van der Waals surface area (Å²) in [6.07, 6.45) is 2.15. The van der Waals surface area contributed by atoms with Crippen molar-refractivity contribution >= 4 is 45.0 Å². The smallest absolute Gasteiger partial charge is 0.256 e. The fourth-order valence-electron chi connectivity index (χ4n) is 3.63. The van der Waals surface area contributed by atoms with Crippen molar-refractivity contribution in [3.05, 3.63) is 52.0 Å². The molecule has 0 N–H and O–H groups in total. The first-order valence-corrected chi connectivity index (χ1v) is 11.4. The monoisotopic (exact) mass is 495 g/mol. The van der Waals surface area contributed by atoms with Crippen molar-refractivity contribution in [1.29, 1.82) is 0 Å². The van der Waals surface area contributed by atoms with E-state index in [0.717, 1.165) is 39.3 Å². The van der Waals surface area contributed by atoms with Crippen molar-refractivity contribution < 1.29 is 13.9 Å². The summed E-state index contributed by atoms with van der Waals surface area (Å²) in [6.45, 7) is 7.80. The summed E-state index contributed by atoms with van der Waals surface area (Å²) in [6, 6.07) is 4.39. The van der Waals surface area contributed by atoms with Gasteiger partial charge in [-0.1, -0.05) is 11.3 Å². The number of carbonyl (C=O) groups excluding carboxylic acids is 1. The number of amides is 1. The summed E-state index contributed by atoms with van der Waals surface area (Å²) >= 11 is 1.27. The highest BCUT2D eigenvalue weighted by atomic mass is 35.5. The molecule has 3 aromatic rings. The number of hydrogen-bond donors (Lipinski definition) is 0. The predicted molar refractivity (Wildman–Crippen MR) is 129 cm³/mol. The van der Waals surface area contributed by atoms with Crippen LogP contribution in [0.3, 0.4) is 0 Å². The second-order valence-electron chi connectivity index (χ2n) is 7.85. The number of carbonyl (C=O) groups is 1. The van der Waals surface area contributed by atoms with Gasteiger partial charge in [0, 0.05) is 37.4 Å². The van der Waals surface area contributed by atoms with Crippen LogP contribution in [-0.4, -0.2) is 64.7 Å². The van der Waals surface area contributed by atoms with Gasteiger partial charge in [0.25, 0.3) is 5.56 Å². The summed E-state index contributed by atoms with van der Waals surface area (Å²) in [5, 5.41) is 0.502. The molecular weight excluding hydrogens is 469 g/mol. The van der Waals surface area contributed by atoms with Gasteiger partial charge in [-0.25, -0.2) is 14.4 Å². The van der Waals surface area contributed by atoms with Crippen LogP contribution in [0.2, 0.25) is 0 Å². The predicted octanol–water partition coefficient (Wildman–Crippen LogP) is 2.79. The van der Waals surface area contributed by atoms with Gasteiger partial charge in [0.2, 0.25) is 5.91 Å². The number of morpholine rings is 1. The third-order valence-electron chi connectivity index (χ3n) is 5.65. The quantitative estimate of drug-likeness (QED) is 0.501. The van der Waals surface area contributed by atoms with Crippen molar-refractivity contribution in [3.8, 4) is 0 Å². The van der Waals surface area contributed by atoms with Gasteiger partial charge in [0.05, 0.1) is 29.8 Å². The van der Waals surface area contributed by atoms with Crippen molar-refractivity contribution in [3.63, 3.8) is 0 Å². The zero-order valence-electron chi connectivity index (χ0n) is 18.6. The lowest BCUT2D eigenvalue weighted by molar-refractivity contribution is -0.119.